The molecule has 0 spiro atoms. The number of aliphatic hydroxyl groups is 1. The molecule has 0 bridgehead atoms. The second kappa shape index (κ2) is 5.80. The number of benzene rings is 1. The van der Waals surface area contributed by atoms with Gasteiger partial charge in [-0.25, -0.2) is 0 Å². The van der Waals surface area contributed by atoms with E-state index in [1.807, 2.05) is 24.3 Å². The smallest absolute Gasteiger partial charge is 0.220 e. The minimum Gasteiger partial charge on any atom is -0.392 e. The summed E-state index contributed by atoms with van der Waals surface area (Å²) < 4.78 is 0. The molecule has 17 heavy (non-hydrogen) atoms. The Morgan fingerprint density at radius 2 is 2.00 bits per heavy atom. The minimum atomic E-state index is 0.0857. The van der Waals surface area contributed by atoms with Gasteiger partial charge < -0.3 is 15.7 Å². The van der Waals surface area contributed by atoms with Crippen molar-refractivity contribution < 1.29 is 9.90 Å². The van der Waals surface area contributed by atoms with Crippen molar-refractivity contribution in [3.8, 4) is 0 Å². The number of hydrogen-bond acceptors (Lipinski definition) is 3. The molecular weight excluding hydrogens is 216 g/mol. The Labute approximate surface area is 101 Å². The van der Waals surface area contributed by atoms with E-state index in [0.29, 0.717) is 19.0 Å². The summed E-state index contributed by atoms with van der Waals surface area (Å²) in [5, 5.41) is 15.2. The first kappa shape index (κ1) is 12.1. The van der Waals surface area contributed by atoms with Gasteiger partial charge in [-0.2, -0.15) is 0 Å². The zero-order valence-corrected chi connectivity index (χ0v) is 9.78. The standard InChI is InChI=1S/C13H18N2O2/c16-9-11-3-1-10(2-4-11)7-14-12-5-6-13(17)15-8-12/h1-4,12,14,16H,5-9H2,(H,15,17). The van der Waals surface area contributed by atoms with E-state index in [1.165, 1.54) is 5.56 Å². The van der Waals surface area contributed by atoms with E-state index in [2.05, 4.69) is 10.6 Å². The van der Waals surface area contributed by atoms with E-state index in [0.717, 1.165) is 18.5 Å². The Hall–Kier alpha value is -1.39. The average Bonchev–Trinajstić information content (AvgIpc) is 2.39. The summed E-state index contributed by atoms with van der Waals surface area (Å²) >= 11 is 0. The van der Waals surface area contributed by atoms with Gasteiger partial charge in [-0.05, 0) is 17.5 Å². The van der Waals surface area contributed by atoms with Gasteiger partial charge in [0.05, 0.1) is 6.61 Å². The number of carbonyl (C=O) groups excluding carboxylic acids is 1. The SMILES string of the molecule is O=C1CCC(NCc2ccc(CO)cc2)CN1. The van der Waals surface area contributed by atoms with Crippen LogP contribution in [0, 0.1) is 0 Å². The Balaban J connectivity index is 1.79. The largest absolute Gasteiger partial charge is 0.392 e. The maximum absolute atomic E-state index is 11.0. The van der Waals surface area contributed by atoms with E-state index >= 15 is 0 Å². The zero-order valence-electron chi connectivity index (χ0n) is 9.78. The van der Waals surface area contributed by atoms with Crippen LogP contribution in [0.2, 0.25) is 0 Å². The molecule has 0 radical (unpaired) electrons. The van der Waals surface area contributed by atoms with E-state index in [4.69, 9.17) is 5.11 Å². The molecule has 1 aliphatic heterocycles. The molecule has 1 aliphatic rings. The highest BCUT2D eigenvalue weighted by molar-refractivity contribution is 5.76. The summed E-state index contributed by atoms with van der Waals surface area (Å²) in [5.74, 6) is 0.148. The molecule has 1 aromatic carbocycles. The van der Waals surface area contributed by atoms with Crippen LogP contribution < -0.4 is 10.6 Å². The van der Waals surface area contributed by atoms with Gasteiger partial charge in [-0.15, -0.1) is 0 Å². The van der Waals surface area contributed by atoms with Crippen LogP contribution in [-0.2, 0) is 17.9 Å². The van der Waals surface area contributed by atoms with Gasteiger partial charge in [0.15, 0.2) is 0 Å². The molecule has 4 nitrogen and oxygen atoms in total. The van der Waals surface area contributed by atoms with Crippen molar-refractivity contribution in [2.75, 3.05) is 6.54 Å². The molecule has 0 saturated carbocycles. The summed E-state index contributed by atoms with van der Waals surface area (Å²) in [5.41, 5.74) is 2.12. The van der Waals surface area contributed by atoms with Gasteiger partial charge in [0.1, 0.15) is 0 Å². The van der Waals surface area contributed by atoms with Crippen molar-refractivity contribution in [3.63, 3.8) is 0 Å². The highest BCUT2D eigenvalue weighted by atomic mass is 16.3. The van der Waals surface area contributed by atoms with Crippen LogP contribution in [0.5, 0.6) is 0 Å². The van der Waals surface area contributed by atoms with Crippen LogP contribution in [0.3, 0.4) is 0 Å². The molecule has 0 aromatic heterocycles. The first-order valence-corrected chi connectivity index (χ1v) is 5.96. The number of carbonyl (C=O) groups is 1. The lowest BCUT2D eigenvalue weighted by atomic mass is 10.1. The summed E-state index contributed by atoms with van der Waals surface area (Å²) in [4.78, 5) is 11.0. The van der Waals surface area contributed by atoms with Gasteiger partial charge >= 0.3 is 0 Å². The monoisotopic (exact) mass is 234 g/mol. The maximum Gasteiger partial charge on any atom is 0.220 e. The van der Waals surface area contributed by atoms with Crippen LogP contribution in [0.4, 0.5) is 0 Å². The third kappa shape index (κ3) is 3.54. The number of rotatable bonds is 4. The number of piperidine rings is 1. The fraction of sp³-hybridized carbons (Fsp3) is 0.462. The molecule has 1 aromatic rings. The van der Waals surface area contributed by atoms with Crippen molar-refractivity contribution in [1.82, 2.24) is 10.6 Å². The Morgan fingerprint density at radius 1 is 1.29 bits per heavy atom. The lowest BCUT2D eigenvalue weighted by Crippen LogP contribution is -2.45. The maximum atomic E-state index is 11.0. The number of hydrogen-bond donors (Lipinski definition) is 3. The van der Waals surface area contributed by atoms with Crippen LogP contribution in [0.15, 0.2) is 24.3 Å². The third-order valence-corrected chi connectivity index (χ3v) is 3.07. The number of nitrogens with one attached hydrogen (secondary N) is 2. The molecule has 1 unspecified atom stereocenters. The Bertz CT molecular complexity index is 366. The predicted octanol–water partition coefficient (Wildman–Crippen LogP) is 0.547. The van der Waals surface area contributed by atoms with Crippen LogP contribution in [0.1, 0.15) is 24.0 Å². The number of aliphatic hydroxyl groups excluding tert-OH is 1. The Morgan fingerprint density at radius 3 is 2.59 bits per heavy atom. The van der Waals surface area contributed by atoms with E-state index in [-0.39, 0.29) is 12.5 Å². The van der Waals surface area contributed by atoms with E-state index in [9.17, 15) is 4.79 Å². The van der Waals surface area contributed by atoms with Crippen LogP contribution >= 0.6 is 0 Å². The quantitative estimate of drug-likeness (QED) is 0.713. The van der Waals surface area contributed by atoms with Crippen molar-refractivity contribution in [1.29, 1.82) is 0 Å². The van der Waals surface area contributed by atoms with Gasteiger partial charge in [0.25, 0.3) is 0 Å². The normalized spacial score (nSPS) is 20.1. The predicted molar refractivity (Wildman–Crippen MR) is 65.2 cm³/mol. The molecule has 1 saturated heterocycles. The first-order valence-electron chi connectivity index (χ1n) is 5.96. The summed E-state index contributed by atoms with van der Waals surface area (Å²) in [6.07, 6.45) is 1.52. The Kier molecular flexibility index (Phi) is 4.12. The van der Waals surface area contributed by atoms with Crippen LogP contribution in [0.25, 0.3) is 0 Å². The highest BCUT2D eigenvalue weighted by Gasteiger charge is 2.16. The number of amides is 1. The zero-order chi connectivity index (χ0) is 12.1. The molecule has 1 atom stereocenters. The van der Waals surface area contributed by atoms with Gasteiger partial charge in [0.2, 0.25) is 5.91 Å². The molecule has 92 valence electrons. The molecular formula is C13H18N2O2. The fourth-order valence-electron chi connectivity index (χ4n) is 1.93. The summed E-state index contributed by atoms with van der Waals surface area (Å²) in [7, 11) is 0. The molecule has 0 aliphatic carbocycles. The lowest BCUT2D eigenvalue weighted by molar-refractivity contribution is -0.122. The van der Waals surface area contributed by atoms with Crippen LogP contribution in [-0.4, -0.2) is 23.6 Å². The molecule has 1 heterocycles. The molecule has 4 heteroatoms. The van der Waals surface area contributed by atoms with Crippen molar-refractivity contribution >= 4 is 5.91 Å². The van der Waals surface area contributed by atoms with E-state index < -0.39 is 0 Å². The molecule has 2 rings (SSSR count). The van der Waals surface area contributed by atoms with Crippen molar-refractivity contribution in [2.45, 2.75) is 32.0 Å². The second-order valence-electron chi connectivity index (χ2n) is 4.40. The topological polar surface area (TPSA) is 61.4 Å². The van der Waals surface area contributed by atoms with Crippen molar-refractivity contribution in [3.05, 3.63) is 35.4 Å². The minimum absolute atomic E-state index is 0.0857. The summed E-state index contributed by atoms with van der Waals surface area (Å²) in [6.45, 7) is 1.60. The molecule has 3 N–H and O–H groups in total. The lowest BCUT2D eigenvalue weighted by Gasteiger charge is -2.23. The molecule has 1 fully saturated rings. The summed E-state index contributed by atoms with van der Waals surface area (Å²) in [6, 6.07) is 8.25. The highest BCUT2D eigenvalue weighted by Crippen LogP contribution is 2.07. The first-order chi connectivity index (χ1) is 8.28. The fourth-order valence-corrected chi connectivity index (χ4v) is 1.93. The van der Waals surface area contributed by atoms with E-state index in [1.54, 1.807) is 0 Å². The molecule has 1 amide bonds. The average molecular weight is 234 g/mol. The van der Waals surface area contributed by atoms with Gasteiger partial charge in [-0.1, -0.05) is 24.3 Å². The van der Waals surface area contributed by atoms with Gasteiger partial charge in [-0.3, -0.25) is 4.79 Å². The van der Waals surface area contributed by atoms with Gasteiger partial charge in [0, 0.05) is 25.6 Å². The van der Waals surface area contributed by atoms with Crippen molar-refractivity contribution in [2.24, 2.45) is 0 Å². The second-order valence-corrected chi connectivity index (χ2v) is 4.40. The third-order valence-electron chi connectivity index (χ3n) is 3.07.